The average molecular weight is 371 g/mol. The third kappa shape index (κ3) is 6.87. The van der Waals surface area contributed by atoms with Crippen LogP contribution in [0.15, 0.2) is 17.0 Å². The number of hydrogen-bond acceptors (Lipinski definition) is 8. The first-order chi connectivity index (χ1) is 11.5. The number of nitrogens with one attached hydrogen (secondary N) is 1. The van der Waals surface area contributed by atoms with E-state index in [1.54, 1.807) is 20.8 Å². The molecule has 0 aliphatic rings. The predicted molar refractivity (Wildman–Crippen MR) is 91.5 cm³/mol. The van der Waals surface area contributed by atoms with Crippen LogP contribution in [0.4, 0.5) is 10.6 Å². The van der Waals surface area contributed by atoms with Crippen LogP contribution < -0.4 is 11.1 Å². The molecule has 0 unspecified atom stereocenters. The Hall–Kier alpha value is -2.49. The van der Waals surface area contributed by atoms with Crippen molar-refractivity contribution in [2.24, 2.45) is 0 Å². The molecule has 9 nitrogen and oxygen atoms in total. The van der Waals surface area contributed by atoms with E-state index in [1.165, 1.54) is 19.2 Å². The smallest absolute Gasteiger partial charge is 0.408 e. The second-order valence-corrected chi connectivity index (χ2v) is 6.98. The molecule has 1 atom stereocenters. The maximum absolute atomic E-state index is 11.7. The number of alkyl carbamates (subject to hydrolysis) is 1. The standard InChI is InChI=1S/C15H21N3O6S/c1-15(2,3)24-14(22)18-9(12(19)20)7-25-10-6-5-8(13(21)23-4)17-11(10)16/h5-6,9H,7H2,1-4H3,(H2,16,17)(H,18,22)(H,19,20)/t9-/m0/s1. The predicted octanol–water partition coefficient (Wildman–Crippen LogP) is 1.52. The molecular weight excluding hydrogens is 350 g/mol. The van der Waals surface area contributed by atoms with E-state index < -0.39 is 29.7 Å². The van der Waals surface area contributed by atoms with Gasteiger partial charge < -0.3 is 25.6 Å². The van der Waals surface area contributed by atoms with Crippen LogP contribution in [0.5, 0.6) is 0 Å². The van der Waals surface area contributed by atoms with Crippen LogP contribution in [0.1, 0.15) is 31.3 Å². The van der Waals surface area contributed by atoms with E-state index in [1.807, 2.05) is 0 Å². The number of nitrogens with two attached hydrogens (primary N) is 1. The number of aromatic nitrogens is 1. The number of rotatable bonds is 6. The molecule has 10 heteroatoms. The summed E-state index contributed by atoms with van der Waals surface area (Å²) in [5.41, 5.74) is 5.07. The molecule has 0 saturated carbocycles. The van der Waals surface area contributed by atoms with Gasteiger partial charge in [-0.3, -0.25) is 0 Å². The number of methoxy groups -OCH3 is 1. The molecule has 0 saturated heterocycles. The normalized spacial score (nSPS) is 12.2. The Kier molecular flexibility index (Phi) is 7.04. The fraction of sp³-hybridized carbons (Fsp3) is 0.467. The number of carboxylic acids is 1. The minimum Gasteiger partial charge on any atom is -0.480 e. The SMILES string of the molecule is COC(=O)c1ccc(SC[C@H](NC(=O)OC(C)(C)C)C(=O)O)c(N)n1. The Balaban J connectivity index is 2.73. The molecule has 0 aromatic carbocycles. The number of ether oxygens (including phenoxy) is 2. The minimum atomic E-state index is -1.21. The first-order valence-corrected chi connectivity index (χ1v) is 8.22. The van der Waals surface area contributed by atoms with Gasteiger partial charge in [0, 0.05) is 10.6 Å². The van der Waals surface area contributed by atoms with Crippen molar-refractivity contribution in [3.05, 3.63) is 17.8 Å². The summed E-state index contributed by atoms with van der Waals surface area (Å²) in [6.45, 7) is 5.02. The fourth-order valence-corrected chi connectivity index (χ4v) is 2.53. The number of carbonyl (C=O) groups excluding carboxylic acids is 2. The molecule has 1 aromatic heterocycles. The molecule has 1 aromatic rings. The first kappa shape index (κ1) is 20.6. The molecule has 0 bridgehead atoms. The van der Waals surface area contributed by atoms with Gasteiger partial charge in [-0.25, -0.2) is 19.4 Å². The van der Waals surface area contributed by atoms with E-state index >= 15 is 0 Å². The zero-order valence-corrected chi connectivity index (χ0v) is 15.2. The number of hydrogen-bond donors (Lipinski definition) is 3. The van der Waals surface area contributed by atoms with Crippen molar-refractivity contribution < 1.29 is 29.0 Å². The van der Waals surface area contributed by atoms with Gasteiger partial charge in [0.25, 0.3) is 0 Å². The van der Waals surface area contributed by atoms with Crippen LogP contribution in [0.25, 0.3) is 0 Å². The molecule has 0 aliphatic heterocycles. The summed E-state index contributed by atoms with van der Waals surface area (Å²) in [6, 6.07) is 1.77. The zero-order valence-electron chi connectivity index (χ0n) is 14.4. The number of esters is 1. The Bertz CT molecular complexity index is 659. The summed E-state index contributed by atoms with van der Waals surface area (Å²) in [4.78, 5) is 38.8. The fourth-order valence-electron chi connectivity index (χ4n) is 1.60. The van der Waals surface area contributed by atoms with Crippen LogP contribution in [0.3, 0.4) is 0 Å². The van der Waals surface area contributed by atoms with Gasteiger partial charge in [0.2, 0.25) is 0 Å². The third-order valence-electron chi connectivity index (χ3n) is 2.68. The Morgan fingerprint density at radius 3 is 2.48 bits per heavy atom. The van der Waals surface area contributed by atoms with Crippen LogP contribution in [0, 0.1) is 0 Å². The van der Waals surface area contributed by atoms with E-state index in [0.29, 0.717) is 4.90 Å². The quantitative estimate of drug-likeness (QED) is 0.501. The average Bonchev–Trinajstić information content (AvgIpc) is 2.49. The van der Waals surface area contributed by atoms with Crippen LogP contribution >= 0.6 is 11.8 Å². The Labute approximate surface area is 149 Å². The molecular formula is C15H21N3O6S. The topological polar surface area (TPSA) is 141 Å². The van der Waals surface area contributed by atoms with Crippen molar-refractivity contribution in [1.82, 2.24) is 10.3 Å². The number of thioether (sulfide) groups is 1. The molecule has 25 heavy (non-hydrogen) atoms. The summed E-state index contributed by atoms with van der Waals surface area (Å²) < 4.78 is 9.58. The first-order valence-electron chi connectivity index (χ1n) is 7.23. The van der Waals surface area contributed by atoms with Crippen molar-refractivity contribution in [1.29, 1.82) is 0 Å². The summed E-state index contributed by atoms with van der Waals surface area (Å²) in [6.07, 6.45) is -0.826. The summed E-state index contributed by atoms with van der Waals surface area (Å²) in [5, 5.41) is 11.5. The van der Waals surface area contributed by atoms with E-state index in [0.717, 1.165) is 11.8 Å². The highest BCUT2D eigenvalue weighted by Crippen LogP contribution is 2.24. The molecule has 1 rings (SSSR count). The molecule has 0 spiro atoms. The second-order valence-electron chi connectivity index (χ2n) is 5.92. The van der Waals surface area contributed by atoms with Crippen molar-refractivity contribution >= 4 is 35.6 Å². The van der Waals surface area contributed by atoms with E-state index in [2.05, 4.69) is 15.0 Å². The molecule has 1 amide bonds. The zero-order chi connectivity index (χ0) is 19.2. The van der Waals surface area contributed by atoms with Gasteiger partial charge in [0.1, 0.15) is 17.5 Å². The van der Waals surface area contributed by atoms with Crippen LogP contribution in [-0.2, 0) is 14.3 Å². The maximum Gasteiger partial charge on any atom is 0.408 e. The van der Waals surface area contributed by atoms with Gasteiger partial charge in [-0.05, 0) is 32.9 Å². The monoisotopic (exact) mass is 371 g/mol. The number of carbonyl (C=O) groups is 3. The van der Waals surface area contributed by atoms with Gasteiger partial charge in [-0.1, -0.05) is 0 Å². The minimum absolute atomic E-state index is 0.00196. The number of aliphatic carboxylic acids is 1. The Morgan fingerprint density at radius 2 is 2.00 bits per heavy atom. The largest absolute Gasteiger partial charge is 0.480 e. The van der Waals surface area contributed by atoms with E-state index in [-0.39, 0.29) is 17.3 Å². The number of nitrogens with zero attached hydrogens (tertiary/aromatic N) is 1. The molecule has 0 aliphatic carbocycles. The molecule has 138 valence electrons. The van der Waals surface area contributed by atoms with Gasteiger partial charge in [0.05, 0.1) is 7.11 Å². The molecule has 1 heterocycles. The highest BCUT2D eigenvalue weighted by Gasteiger charge is 2.24. The van der Waals surface area contributed by atoms with Gasteiger partial charge in [-0.2, -0.15) is 0 Å². The lowest BCUT2D eigenvalue weighted by molar-refractivity contribution is -0.138. The van der Waals surface area contributed by atoms with Gasteiger partial charge in [0.15, 0.2) is 5.69 Å². The maximum atomic E-state index is 11.7. The highest BCUT2D eigenvalue weighted by molar-refractivity contribution is 7.99. The number of amides is 1. The van der Waals surface area contributed by atoms with Crippen molar-refractivity contribution in [3.8, 4) is 0 Å². The lowest BCUT2D eigenvalue weighted by Crippen LogP contribution is -2.44. The lowest BCUT2D eigenvalue weighted by atomic mass is 10.2. The summed E-state index contributed by atoms with van der Waals surface area (Å²) in [7, 11) is 1.22. The summed E-state index contributed by atoms with van der Waals surface area (Å²) in [5.74, 6) is -1.78. The van der Waals surface area contributed by atoms with E-state index in [4.69, 9.17) is 10.5 Å². The van der Waals surface area contributed by atoms with Crippen LogP contribution in [-0.4, -0.2) is 52.6 Å². The molecule has 4 N–H and O–H groups in total. The summed E-state index contributed by atoms with van der Waals surface area (Å²) >= 11 is 1.08. The molecule has 0 radical (unpaired) electrons. The second kappa shape index (κ2) is 8.56. The number of anilines is 1. The highest BCUT2D eigenvalue weighted by atomic mass is 32.2. The van der Waals surface area contributed by atoms with Crippen molar-refractivity contribution in [2.75, 3.05) is 18.6 Å². The molecule has 0 fully saturated rings. The number of carboxylic acid groups (broad SMARTS) is 1. The number of pyridine rings is 1. The van der Waals surface area contributed by atoms with Gasteiger partial charge >= 0.3 is 18.0 Å². The van der Waals surface area contributed by atoms with Gasteiger partial charge in [-0.15, -0.1) is 11.8 Å². The Morgan fingerprint density at radius 1 is 1.36 bits per heavy atom. The van der Waals surface area contributed by atoms with Crippen molar-refractivity contribution in [3.63, 3.8) is 0 Å². The lowest BCUT2D eigenvalue weighted by Gasteiger charge is -2.22. The van der Waals surface area contributed by atoms with Crippen LogP contribution in [0.2, 0.25) is 0 Å². The van der Waals surface area contributed by atoms with Crippen molar-refractivity contribution in [2.45, 2.75) is 37.3 Å². The third-order valence-corrected chi connectivity index (χ3v) is 3.83. The number of nitrogen functional groups attached to an aromatic ring is 1. The van der Waals surface area contributed by atoms with E-state index in [9.17, 15) is 19.5 Å².